The van der Waals surface area contributed by atoms with Crippen molar-refractivity contribution in [3.63, 3.8) is 0 Å². The number of rotatable bonds is 3. The van der Waals surface area contributed by atoms with Gasteiger partial charge in [0.05, 0.1) is 12.4 Å². The first kappa shape index (κ1) is 9.14. The van der Waals surface area contributed by atoms with Crippen molar-refractivity contribution in [3.05, 3.63) is 23.7 Å². The fraction of sp³-hybridized carbons (Fsp3) is 0.375. The van der Waals surface area contributed by atoms with Gasteiger partial charge in [-0.05, 0) is 6.92 Å². The molecule has 2 rings (SSSR count). The maximum atomic E-state index is 4.16. The highest BCUT2D eigenvalue weighted by molar-refractivity contribution is 7.09. The first-order valence-corrected chi connectivity index (χ1v) is 5.03. The van der Waals surface area contributed by atoms with E-state index in [4.69, 9.17) is 0 Å². The molecule has 0 atom stereocenters. The second-order valence-electron chi connectivity index (χ2n) is 3.01. The van der Waals surface area contributed by atoms with E-state index in [9.17, 15) is 0 Å². The van der Waals surface area contributed by atoms with E-state index in [0.29, 0.717) is 0 Å². The molecule has 0 saturated carbocycles. The van der Waals surface area contributed by atoms with Crippen molar-refractivity contribution < 1.29 is 0 Å². The van der Waals surface area contributed by atoms with E-state index < -0.39 is 0 Å². The molecule has 6 heteroatoms. The van der Waals surface area contributed by atoms with Crippen LogP contribution in [0.3, 0.4) is 0 Å². The molecule has 2 heterocycles. The maximum absolute atomic E-state index is 4.16. The minimum absolute atomic E-state index is 0.767. The Morgan fingerprint density at radius 3 is 2.93 bits per heavy atom. The quantitative estimate of drug-likeness (QED) is 0.825. The molecular weight excluding hydrogens is 198 g/mol. The summed E-state index contributed by atoms with van der Waals surface area (Å²) in [6.45, 7) is 2.82. The van der Waals surface area contributed by atoms with Crippen LogP contribution >= 0.6 is 11.5 Å². The monoisotopic (exact) mass is 209 g/mol. The van der Waals surface area contributed by atoms with Gasteiger partial charge in [0.25, 0.3) is 0 Å². The van der Waals surface area contributed by atoms with Crippen molar-refractivity contribution in [2.75, 3.05) is 5.32 Å². The Morgan fingerprint density at radius 2 is 2.36 bits per heavy atom. The maximum Gasteiger partial charge on any atom is 0.130 e. The summed E-state index contributed by atoms with van der Waals surface area (Å²) in [6, 6.07) is 0. The number of nitrogens with one attached hydrogen (secondary N) is 1. The van der Waals surface area contributed by atoms with Crippen molar-refractivity contribution in [3.8, 4) is 0 Å². The third-order valence-corrected chi connectivity index (χ3v) is 2.77. The molecule has 0 unspecified atom stereocenters. The lowest BCUT2D eigenvalue weighted by atomic mass is 10.2. The van der Waals surface area contributed by atoms with E-state index >= 15 is 0 Å². The molecule has 0 aromatic carbocycles. The molecule has 0 amide bonds. The molecule has 0 bridgehead atoms. The summed E-state index contributed by atoms with van der Waals surface area (Å²) in [4.78, 5) is 0. The van der Waals surface area contributed by atoms with Gasteiger partial charge in [-0.3, -0.25) is 4.68 Å². The number of hydrogen-bond donors (Lipinski definition) is 1. The van der Waals surface area contributed by atoms with Gasteiger partial charge in [-0.2, -0.15) is 5.10 Å². The first-order chi connectivity index (χ1) is 6.77. The molecule has 0 saturated heterocycles. The lowest BCUT2D eigenvalue weighted by Gasteiger charge is -2.01. The number of aromatic nitrogens is 4. The Bertz CT molecular complexity index is 405. The second-order valence-corrected chi connectivity index (χ2v) is 3.80. The third kappa shape index (κ3) is 1.74. The Labute approximate surface area is 85.9 Å². The summed E-state index contributed by atoms with van der Waals surface area (Å²) >= 11 is 1.36. The number of nitrogens with zero attached hydrogens (tertiary/aromatic N) is 4. The molecule has 0 fully saturated rings. The van der Waals surface area contributed by atoms with Gasteiger partial charge >= 0.3 is 0 Å². The summed E-state index contributed by atoms with van der Waals surface area (Å²) in [6.07, 6.45) is 3.59. The lowest BCUT2D eigenvalue weighted by Crippen LogP contribution is -2.00. The summed E-state index contributed by atoms with van der Waals surface area (Å²) in [7, 11) is 1.94. The molecule has 0 aliphatic heterocycles. The fourth-order valence-corrected chi connectivity index (χ4v) is 1.56. The molecular formula is C8H11N5S. The normalized spacial score (nSPS) is 10.4. The Hall–Kier alpha value is -1.43. The van der Waals surface area contributed by atoms with E-state index in [-0.39, 0.29) is 0 Å². The van der Waals surface area contributed by atoms with Gasteiger partial charge in [-0.1, -0.05) is 4.49 Å². The molecule has 0 spiro atoms. The van der Waals surface area contributed by atoms with Gasteiger partial charge < -0.3 is 5.32 Å². The molecule has 5 nitrogen and oxygen atoms in total. The first-order valence-electron chi connectivity index (χ1n) is 4.26. The molecule has 0 aliphatic carbocycles. The zero-order chi connectivity index (χ0) is 9.97. The molecule has 2 aromatic rings. The molecule has 74 valence electrons. The van der Waals surface area contributed by atoms with E-state index in [1.54, 1.807) is 6.20 Å². The number of hydrogen-bond acceptors (Lipinski definition) is 5. The predicted molar refractivity (Wildman–Crippen MR) is 55.2 cm³/mol. The van der Waals surface area contributed by atoms with Crippen LogP contribution in [0, 0.1) is 6.92 Å². The molecule has 2 aromatic heterocycles. The summed E-state index contributed by atoms with van der Waals surface area (Å²) in [5.41, 5.74) is 2.37. The largest absolute Gasteiger partial charge is 0.370 e. The summed E-state index contributed by atoms with van der Waals surface area (Å²) in [5, 5.41) is 12.1. The average molecular weight is 209 g/mol. The van der Waals surface area contributed by atoms with E-state index in [1.165, 1.54) is 22.8 Å². The fourth-order valence-electron chi connectivity index (χ4n) is 1.15. The second kappa shape index (κ2) is 3.75. The summed E-state index contributed by atoms with van der Waals surface area (Å²) in [5.74, 6) is 0. The van der Waals surface area contributed by atoms with Crippen LogP contribution in [0.2, 0.25) is 0 Å². The summed E-state index contributed by atoms with van der Waals surface area (Å²) < 4.78 is 5.63. The van der Waals surface area contributed by atoms with Crippen LogP contribution in [-0.4, -0.2) is 19.4 Å². The Kier molecular flexibility index (Phi) is 2.45. The standard InChI is InChI=1S/C8H11N5S/c1-6-7(4-11-13(6)2)3-9-8-5-10-12-14-8/h4-5,9H,3H2,1-2H3. The number of aryl methyl sites for hydroxylation is 1. The van der Waals surface area contributed by atoms with Gasteiger partial charge in [0, 0.05) is 36.4 Å². The van der Waals surface area contributed by atoms with Gasteiger partial charge in [0.2, 0.25) is 0 Å². The minimum atomic E-state index is 0.767. The van der Waals surface area contributed by atoms with Gasteiger partial charge in [0.15, 0.2) is 0 Å². The molecule has 14 heavy (non-hydrogen) atoms. The number of anilines is 1. The van der Waals surface area contributed by atoms with Crippen LogP contribution in [-0.2, 0) is 13.6 Å². The molecule has 0 radical (unpaired) electrons. The topological polar surface area (TPSA) is 55.6 Å². The Balaban J connectivity index is 2.02. The van der Waals surface area contributed by atoms with Crippen LogP contribution < -0.4 is 5.32 Å². The van der Waals surface area contributed by atoms with Crippen molar-refractivity contribution in [1.29, 1.82) is 0 Å². The van der Waals surface area contributed by atoms with Crippen molar-refractivity contribution in [2.45, 2.75) is 13.5 Å². The van der Waals surface area contributed by atoms with Crippen LogP contribution in [0.15, 0.2) is 12.4 Å². The molecule has 0 aliphatic rings. The third-order valence-electron chi connectivity index (χ3n) is 2.15. The highest BCUT2D eigenvalue weighted by Crippen LogP contribution is 2.12. The van der Waals surface area contributed by atoms with Crippen LogP contribution in [0.1, 0.15) is 11.3 Å². The highest BCUT2D eigenvalue weighted by Gasteiger charge is 2.03. The zero-order valence-electron chi connectivity index (χ0n) is 8.06. The average Bonchev–Trinajstić information content (AvgIpc) is 2.77. The highest BCUT2D eigenvalue weighted by atomic mass is 32.1. The van der Waals surface area contributed by atoms with Crippen molar-refractivity contribution in [2.24, 2.45) is 7.05 Å². The lowest BCUT2D eigenvalue weighted by molar-refractivity contribution is 0.738. The Morgan fingerprint density at radius 1 is 1.50 bits per heavy atom. The van der Waals surface area contributed by atoms with Crippen molar-refractivity contribution in [1.82, 2.24) is 19.4 Å². The van der Waals surface area contributed by atoms with Crippen LogP contribution in [0.25, 0.3) is 0 Å². The van der Waals surface area contributed by atoms with E-state index in [0.717, 1.165) is 11.5 Å². The minimum Gasteiger partial charge on any atom is -0.370 e. The molecule has 1 N–H and O–H groups in total. The SMILES string of the molecule is Cc1c(CNc2cnns2)cnn1C. The van der Waals surface area contributed by atoms with E-state index in [2.05, 4.69) is 26.9 Å². The zero-order valence-corrected chi connectivity index (χ0v) is 8.88. The van der Waals surface area contributed by atoms with Crippen LogP contribution in [0.4, 0.5) is 5.00 Å². The van der Waals surface area contributed by atoms with Gasteiger partial charge in [0.1, 0.15) is 5.00 Å². The van der Waals surface area contributed by atoms with Crippen LogP contribution in [0.5, 0.6) is 0 Å². The van der Waals surface area contributed by atoms with E-state index in [1.807, 2.05) is 17.9 Å². The smallest absolute Gasteiger partial charge is 0.130 e. The predicted octanol–water partition coefficient (Wildman–Crippen LogP) is 1.19. The van der Waals surface area contributed by atoms with Gasteiger partial charge in [-0.15, -0.1) is 5.10 Å². The van der Waals surface area contributed by atoms with Gasteiger partial charge in [-0.25, -0.2) is 0 Å². The van der Waals surface area contributed by atoms with Crippen molar-refractivity contribution >= 4 is 16.5 Å².